The van der Waals surface area contributed by atoms with Crippen LogP contribution in [-0.4, -0.2) is 54.0 Å². The Morgan fingerprint density at radius 2 is 1.93 bits per heavy atom. The lowest BCUT2D eigenvalue weighted by Crippen LogP contribution is -2.45. The number of hydrogen-bond donors (Lipinski definition) is 3. The molecule has 3 N–H and O–H groups in total. The van der Waals surface area contributed by atoms with E-state index in [1.165, 1.54) is 37.0 Å². The zero-order valence-corrected chi connectivity index (χ0v) is 17.4. The number of amides is 3. The maximum absolute atomic E-state index is 12.4. The SMILES string of the molecule is CCNC(=NCCCN1C(=O)NC(C)(CC)C1=O)NC1CCC(CC)CC1. The number of aliphatic imine (C=N–C) groups is 1. The van der Waals surface area contributed by atoms with E-state index in [0.29, 0.717) is 32.0 Å². The number of urea groups is 1. The quantitative estimate of drug-likeness (QED) is 0.262. The summed E-state index contributed by atoms with van der Waals surface area (Å²) in [5, 5.41) is 9.64. The molecule has 0 aromatic heterocycles. The third-order valence-electron chi connectivity index (χ3n) is 5.97. The molecule has 1 unspecified atom stereocenters. The summed E-state index contributed by atoms with van der Waals surface area (Å²) in [6.07, 6.45) is 7.51. The standard InChI is InChI=1S/C20H37N5O2/c1-5-15-9-11-16(12-10-15)23-18(21-7-3)22-13-8-14-25-17(26)20(4,6-2)24-19(25)27/h15-16H,5-14H2,1-4H3,(H,24,27)(H2,21,22,23). The zero-order valence-electron chi connectivity index (χ0n) is 17.4. The first-order valence-corrected chi connectivity index (χ1v) is 10.6. The molecule has 7 nitrogen and oxygen atoms in total. The predicted octanol–water partition coefficient (Wildman–Crippen LogP) is 2.62. The third-order valence-corrected chi connectivity index (χ3v) is 5.97. The smallest absolute Gasteiger partial charge is 0.325 e. The second-order valence-corrected chi connectivity index (χ2v) is 7.96. The molecule has 0 radical (unpaired) electrons. The first-order valence-electron chi connectivity index (χ1n) is 10.6. The van der Waals surface area contributed by atoms with Crippen LogP contribution in [0.25, 0.3) is 0 Å². The fourth-order valence-electron chi connectivity index (χ4n) is 3.84. The van der Waals surface area contributed by atoms with Crippen molar-refractivity contribution in [3.63, 3.8) is 0 Å². The number of rotatable bonds is 8. The van der Waals surface area contributed by atoms with Crippen molar-refractivity contribution in [2.45, 2.75) is 84.2 Å². The molecule has 2 rings (SSSR count). The third kappa shape index (κ3) is 5.59. The normalized spacial score (nSPS) is 29.0. The van der Waals surface area contributed by atoms with Gasteiger partial charge >= 0.3 is 6.03 Å². The number of nitrogens with zero attached hydrogens (tertiary/aromatic N) is 2. The Labute approximate surface area is 163 Å². The van der Waals surface area contributed by atoms with E-state index in [0.717, 1.165) is 18.4 Å². The highest BCUT2D eigenvalue weighted by atomic mass is 16.2. The lowest BCUT2D eigenvalue weighted by Gasteiger charge is -2.29. The Morgan fingerprint density at radius 3 is 2.48 bits per heavy atom. The molecule has 1 saturated heterocycles. The lowest BCUT2D eigenvalue weighted by molar-refractivity contribution is -0.130. The molecule has 1 aliphatic heterocycles. The second kappa shape index (κ2) is 9.95. The van der Waals surface area contributed by atoms with Gasteiger partial charge in [-0.1, -0.05) is 20.3 Å². The summed E-state index contributed by atoms with van der Waals surface area (Å²) in [4.78, 5) is 30.4. The van der Waals surface area contributed by atoms with Gasteiger partial charge in [-0.05, 0) is 58.3 Å². The van der Waals surface area contributed by atoms with E-state index in [4.69, 9.17) is 0 Å². The van der Waals surface area contributed by atoms with E-state index in [1.54, 1.807) is 6.92 Å². The van der Waals surface area contributed by atoms with Crippen LogP contribution in [0.4, 0.5) is 4.79 Å². The van der Waals surface area contributed by atoms with Gasteiger partial charge in [0.25, 0.3) is 5.91 Å². The van der Waals surface area contributed by atoms with Crippen LogP contribution in [0.3, 0.4) is 0 Å². The Bertz CT molecular complexity index is 542. The molecule has 154 valence electrons. The number of hydrogen-bond acceptors (Lipinski definition) is 3. The molecule has 1 atom stereocenters. The minimum Gasteiger partial charge on any atom is -0.357 e. The summed E-state index contributed by atoms with van der Waals surface area (Å²) in [6, 6.07) is 0.202. The van der Waals surface area contributed by atoms with Gasteiger partial charge in [0, 0.05) is 25.7 Å². The van der Waals surface area contributed by atoms with Gasteiger partial charge in [0.05, 0.1) is 0 Å². The average Bonchev–Trinajstić information content (AvgIpc) is 2.89. The van der Waals surface area contributed by atoms with Crippen LogP contribution >= 0.6 is 0 Å². The topological polar surface area (TPSA) is 85.8 Å². The summed E-state index contributed by atoms with van der Waals surface area (Å²) in [5.41, 5.74) is -0.756. The molecule has 7 heteroatoms. The number of carbonyl (C=O) groups is 2. The Kier molecular flexibility index (Phi) is 7.92. The number of guanidine groups is 1. The van der Waals surface area contributed by atoms with Crippen LogP contribution in [0, 0.1) is 5.92 Å². The maximum atomic E-state index is 12.4. The van der Waals surface area contributed by atoms with E-state index in [-0.39, 0.29) is 11.9 Å². The van der Waals surface area contributed by atoms with E-state index in [2.05, 4.69) is 34.8 Å². The van der Waals surface area contributed by atoms with Gasteiger partial charge in [0.1, 0.15) is 5.54 Å². The Balaban J connectivity index is 1.80. The molecule has 1 heterocycles. The highest BCUT2D eigenvalue weighted by Crippen LogP contribution is 2.26. The summed E-state index contributed by atoms with van der Waals surface area (Å²) in [5.74, 6) is 1.59. The van der Waals surface area contributed by atoms with Gasteiger partial charge in [-0.15, -0.1) is 0 Å². The van der Waals surface area contributed by atoms with Crippen molar-refractivity contribution in [2.24, 2.45) is 10.9 Å². The molecule has 1 saturated carbocycles. The van der Waals surface area contributed by atoms with Crippen molar-refractivity contribution >= 4 is 17.9 Å². The number of nitrogens with one attached hydrogen (secondary N) is 3. The lowest BCUT2D eigenvalue weighted by atomic mass is 9.84. The molecule has 2 fully saturated rings. The van der Waals surface area contributed by atoms with Crippen molar-refractivity contribution in [3.8, 4) is 0 Å². The fourth-order valence-corrected chi connectivity index (χ4v) is 3.84. The van der Waals surface area contributed by atoms with Crippen molar-refractivity contribution in [3.05, 3.63) is 0 Å². The van der Waals surface area contributed by atoms with Gasteiger partial charge in [0.15, 0.2) is 5.96 Å². The monoisotopic (exact) mass is 379 g/mol. The van der Waals surface area contributed by atoms with Crippen molar-refractivity contribution in [1.82, 2.24) is 20.9 Å². The first kappa shape index (κ1) is 21.5. The molecular weight excluding hydrogens is 342 g/mol. The summed E-state index contributed by atoms with van der Waals surface area (Å²) in [7, 11) is 0. The molecular formula is C20H37N5O2. The largest absolute Gasteiger partial charge is 0.357 e. The van der Waals surface area contributed by atoms with E-state index < -0.39 is 5.54 Å². The molecule has 3 amide bonds. The summed E-state index contributed by atoms with van der Waals surface area (Å²) in [6.45, 7) is 9.84. The number of imide groups is 1. The average molecular weight is 380 g/mol. The molecule has 0 bridgehead atoms. The van der Waals surface area contributed by atoms with Crippen molar-refractivity contribution in [2.75, 3.05) is 19.6 Å². The maximum Gasteiger partial charge on any atom is 0.325 e. The van der Waals surface area contributed by atoms with E-state index in [9.17, 15) is 9.59 Å². The highest BCUT2D eigenvalue weighted by Gasteiger charge is 2.45. The van der Waals surface area contributed by atoms with Crippen LogP contribution in [0.15, 0.2) is 4.99 Å². The minimum absolute atomic E-state index is 0.128. The van der Waals surface area contributed by atoms with Crippen molar-refractivity contribution < 1.29 is 9.59 Å². The summed E-state index contributed by atoms with van der Waals surface area (Å²) >= 11 is 0. The van der Waals surface area contributed by atoms with E-state index in [1.807, 2.05) is 6.92 Å². The molecule has 0 aromatic carbocycles. The van der Waals surface area contributed by atoms with Crippen LogP contribution in [-0.2, 0) is 4.79 Å². The minimum atomic E-state index is -0.756. The second-order valence-electron chi connectivity index (χ2n) is 7.96. The zero-order chi connectivity index (χ0) is 19.9. The van der Waals surface area contributed by atoms with E-state index >= 15 is 0 Å². The Morgan fingerprint density at radius 1 is 1.22 bits per heavy atom. The van der Waals surface area contributed by atoms with Crippen molar-refractivity contribution in [1.29, 1.82) is 0 Å². The van der Waals surface area contributed by atoms with Crippen LogP contribution in [0.2, 0.25) is 0 Å². The van der Waals surface area contributed by atoms with Gasteiger partial charge in [0.2, 0.25) is 0 Å². The first-order chi connectivity index (χ1) is 12.9. The molecule has 1 aliphatic carbocycles. The van der Waals surface area contributed by atoms with Crippen LogP contribution in [0.5, 0.6) is 0 Å². The molecule has 2 aliphatic rings. The van der Waals surface area contributed by atoms with Crippen LogP contribution in [0.1, 0.15) is 72.6 Å². The summed E-state index contributed by atoms with van der Waals surface area (Å²) < 4.78 is 0. The highest BCUT2D eigenvalue weighted by molar-refractivity contribution is 6.06. The van der Waals surface area contributed by atoms with Crippen LogP contribution < -0.4 is 16.0 Å². The van der Waals surface area contributed by atoms with Gasteiger partial charge < -0.3 is 16.0 Å². The number of carbonyl (C=O) groups excluding carboxylic acids is 2. The van der Waals surface area contributed by atoms with Gasteiger partial charge in [-0.25, -0.2) is 4.79 Å². The van der Waals surface area contributed by atoms with Gasteiger partial charge in [-0.3, -0.25) is 14.7 Å². The Hall–Kier alpha value is -1.79. The predicted molar refractivity (Wildman–Crippen MR) is 109 cm³/mol. The molecule has 0 spiro atoms. The molecule has 0 aromatic rings. The fraction of sp³-hybridized carbons (Fsp3) is 0.850. The van der Waals surface area contributed by atoms with Gasteiger partial charge in [-0.2, -0.15) is 0 Å². The molecule has 27 heavy (non-hydrogen) atoms.